The van der Waals surface area contributed by atoms with Crippen molar-refractivity contribution in [2.24, 2.45) is 0 Å². The second-order valence-corrected chi connectivity index (χ2v) is 5.72. The summed E-state index contributed by atoms with van der Waals surface area (Å²) in [4.78, 5) is 4.57. The van der Waals surface area contributed by atoms with Gasteiger partial charge in [0.15, 0.2) is 0 Å². The van der Waals surface area contributed by atoms with Crippen molar-refractivity contribution in [1.82, 2.24) is 4.98 Å². The van der Waals surface area contributed by atoms with Gasteiger partial charge in [0.25, 0.3) is 0 Å². The number of para-hydroxylation sites is 1. The number of benzene rings is 2. The van der Waals surface area contributed by atoms with Gasteiger partial charge in [-0.1, -0.05) is 18.2 Å². The Bertz CT molecular complexity index is 802. The van der Waals surface area contributed by atoms with Gasteiger partial charge in [-0.25, -0.2) is 9.37 Å². The number of hydrogen-bond acceptors (Lipinski definition) is 4. The number of anilines is 1. The fraction of sp³-hybridized carbons (Fsp3) is 0.125. The molecule has 1 unspecified atom stereocenters. The van der Waals surface area contributed by atoms with E-state index in [1.807, 2.05) is 37.3 Å². The average Bonchev–Trinajstić information content (AvgIpc) is 2.91. The molecule has 1 aromatic heterocycles. The Balaban J connectivity index is 1.91. The number of nitrogens with one attached hydrogen (secondary N) is 1. The van der Waals surface area contributed by atoms with E-state index in [0.29, 0.717) is 5.69 Å². The number of aromatic nitrogens is 1. The van der Waals surface area contributed by atoms with Gasteiger partial charge in [-0.2, -0.15) is 5.26 Å². The van der Waals surface area contributed by atoms with E-state index in [1.165, 1.54) is 6.07 Å². The molecule has 0 aliphatic carbocycles. The van der Waals surface area contributed by atoms with Crippen molar-refractivity contribution in [3.63, 3.8) is 0 Å². The lowest BCUT2D eigenvalue weighted by Crippen LogP contribution is -2.08. The highest BCUT2D eigenvalue weighted by molar-refractivity contribution is 7.18. The summed E-state index contributed by atoms with van der Waals surface area (Å²) in [5, 5.41) is 13.1. The summed E-state index contributed by atoms with van der Waals surface area (Å²) in [6.45, 7) is 1.95. The molecule has 0 amide bonds. The predicted octanol–water partition coefficient (Wildman–Crippen LogP) is 4.48. The lowest BCUT2D eigenvalue weighted by atomic mass is 10.1. The van der Waals surface area contributed by atoms with Crippen LogP contribution in [0.2, 0.25) is 0 Å². The Morgan fingerprint density at radius 2 is 2.05 bits per heavy atom. The van der Waals surface area contributed by atoms with Crippen LogP contribution in [0, 0.1) is 17.1 Å². The summed E-state index contributed by atoms with van der Waals surface area (Å²) < 4.78 is 14.7. The standard InChI is InChI=1S/C16H12FN3S/c1-10(16-20-14-6-2-3-8-15(14)21-16)19-13-7-4-5-12(17)11(13)9-18/h2-8,10,19H,1H3. The van der Waals surface area contributed by atoms with Crippen LogP contribution in [0.4, 0.5) is 10.1 Å². The van der Waals surface area contributed by atoms with Crippen LogP contribution < -0.4 is 5.32 Å². The summed E-state index contributed by atoms with van der Waals surface area (Å²) in [6.07, 6.45) is 0. The minimum atomic E-state index is -0.515. The first-order valence-electron chi connectivity index (χ1n) is 6.49. The molecular weight excluding hydrogens is 285 g/mol. The number of nitriles is 1. The molecule has 5 heteroatoms. The molecule has 0 aliphatic rings. The molecule has 104 valence electrons. The van der Waals surface area contributed by atoms with E-state index in [0.717, 1.165) is 15.2 Å². The quantitative estimate of drug-likeness (QED) is 0.775. The third-order valence-corrected chi connectivity index (χ3v) is 4.40. The van der Waals surface area contributed by atoms with E-state index in [-0.39, 0.29) is 11.6 Å². The summed E-state index contributed by atoms with van der Waals surface area (Å²) >= 11 is 1.59. The van der Waals surface area contributed by atoms with Crippen LogP contribution in [-0.4, -0.2) is 4.98 Å². The maximum absolute atomic E-state index is 13.6. The van der Waals surface area contributed by atoms with E-state index in [2.05, 4.69) is 10.3 Å². The minimum absolute atomic E-state index is 0.0328. The van der Waals surface area contributed by atoms with Crippen molar-refractivity contribution >= 4 is 27.2 Å². The fourth-order valence-electron chi connectivity index (χ4n) is 2.13. The molecule has 0 bridgehead atoms. The van der Waals surface area contributed by atoms with Gasteiger partial charge in [-0.3, -0.25) is 0 Å². The summed E-state index contributed by atoms with van der Waals surface area (Å²) in [6, 6.07) is 14.3. The molecule has 0 fully saturated rings. The molecule has 2 aromatic carbocycles. The van der Waals surface area contributed by atoms with Crippen molar-refractivity contribution in [3.8, 4) is 6.07 Å². The number of halogens is 1. The molecule has 0 saturated heterocycles. The van der Waals surface area contributed by atoms with Gasteiger partial charge in [0, 0.05) is 0 Å². The van der Waals surface area contributed by atoms with Crippen molar-refractivity contribution in [1.29, 1.82) is 5.26 Å². The number of thiazole rings is 1. The third-order valence-electron chi connectivity index (χ3n) is 3.18. The zero-order valence-corrected chi connectivity index (χ0v) is 12.1. The Labute approximate surface area is 125 Å². The van der Waals surface area contributed by atoms with E-state index < -0.39 is 5.82 Å². The molecule has 21 heavy (non-hydrogen) atoms. The smallest absolute Gasteiger partial charge is 0.143 e. The Hall–Kier alpha value is -2.45. The molecule has 3 nitrogen and oxygen atoms in total. The summed E-state index contributed by atoms with van der Waals surface area (Å²) in [7, 11) is 0. The van der Waals surface area contributed by atoms with Crippen molar-refractivity contribution in [2.75, 3.05) is 5.32 Å². The highest BCUT2D eigenvalue weighted by atomic mass is 32.1. The van der Waals surface area contributed by atoms with Gasteiger partial charge in [-0.15, -0.1) is 11.3 Å². The first kappa shape index (κ1) is 13.5. The van der Waals surface area contributed by atoms with Gasteiger partial charge in [0.05, 0.1) is 21.9 Å². The SMILES string of the molecule is CC(Nc1cccc(F)c1C#N)c1nc2ccccc2s1. The van der Waals surface area contributed by atoms with Gasteiger partial charge in [0.1, 0.15) is 22.5 Å². The lowest BCUT2D eigenvalue weighted by molar-refractivity contribution is 0.624. The number of fused-ring (bicyclic) bond motifs is 1. The first-order valence-corrected chi connectivity index (χ1v) is 7.31. The van der Waals surface area contributed by atoms with Gasteiger partial charge in [0.2, 0.25) is 0 Å². The van der Waals surface area contributed by atoms with Crippen LogP contribution in [0.25, 0.3) is 10.2 Å². The summed E-state index contributed by atoms with van der Waals surface area (Å²) in [5.41, 5.74) is 1.47. The zero-order chi connectivity index (χ0) is 14.8. The van der Waals surface area contributed by atoms with Crippen LogP contribution in [0.3, 0.4) is 0 Å². The molecule has 0 spiro atoms. The van der Waals surface area contributed by atoms with E-state index >= 15 is 0 Å². The Morgan fingerprint density at radius 3 is 2.81 bits per heavy atom. The monoisotopic (exact) mass is 297 g/mol. The van der Waals surface area contributed by atoms with Gasteiger partial charge >= 0.3 is 0 Å². The fourth-order valence-corrected chi connectivity index (χ4v) is 3.10. The number of hydrogen-bond donors (Lipinski definition) is 1. The van der Waals surface area contributed by atoms with Crippen LogP contribution in [0.1, 0.15) is 23.5 Å². The second-order valence-electron chi connectivity index (χ2n) is 4.66. The molecule has 0 radical (unpaired) electrons. The zero-order valence-electron chi connectivity index (χ0n) is 11.3. The van der Waals surface area contributed by atoms with E-state index in [9.17, 15) is 4.39 Å². The molecule has 1 atom stereocenters. The molecule has 3 aromatic rings. The average molecular weight is 297 g/mol. The second kappa shape index (κ2) is 5.51. The highest BCUT2D eigenvalue weighted by Crippen LogP contribution is 2.29. The van der Waals surface area contributed by atoms with Crippen molar-refractivity contribution in [2.45, 2.75) is 13.0 Å². The van der Waals surface area contributed by atoms with Gasteiger partial charge in [-0.05, 0) is 31.2 Å². The Morgan fingerprint density at radius 1 is 1.24 bits per heavy atom. The Kier molecular flexibility index (Phi) is 3.55. The van der Waals surface area contributed by atoms with Gasteiger partial charge < -0.3 is 5.32 Å². The molecule has 0 saturated carbocycles. The molecular formula is C16H12FN3S. The maximum atomic E-state index is 13.6. The van der Waals surface area contributed by atoms with Crippen LogP contribution in [0.15, 0.2) is 42.5 Å². The molecule has 1 N–H and O–H groups in total. The van der Waals surface area contributed by atoms with Crippen molar-refractivity contribution < 1.29 is 4.39 Å². The number of rotatable bonds is 3. The predicted molar refractivity (Wildman–Crippen MR) is 82.8 cm³/mol. The van der Waals surface area contributed by atoms with Crippen LogP contribution in [-0.2, 0) is 0 Å². The number of nitrogens with zero attached hydrogens (tertiary/aromatic N) is 2. The molecule has 1 heterocycles. The maximum Gasteiger partial charge on any atom is 0.143 e. The topological polar surface area (TPSA) is 48.7 Å². The lowest BCUT2D eigenvalue weighted by Gasteiger charge is -2.14. The largest absolute Gasteiger partial charge is 0.375 e. The summed E-state index contributed by atoms with van der Waals surface area (Å²) in [5.74, 6) is -0.515. The molecule has 0 aliphatic heterocycles. The van der Waals surface area contributed by atoms with Crippen LogP contribution in [0.5, 0.6) is 0 Å². The van der Waals surface area contributed by atoms with E-state index in [1.54, 1.807) is 23.5 Å². The molecule has 3 rings (SSSR count). The van der Waals surface area contributed by atoms with E-state index in [4.69, 9.17) is 5.26 Å². The third kappa shape index (κ3) is 2.58. The van der Waals surface area contributed by atoms with Crippen molar-refractivity contribution in [3.05, 3.63) is 58.9 Å². The highest BCUT2D eigenvalue weighted by Gasteiger charge is 2.14. The van der Waals surface area contributed by atoms with Crippen LogP contribution >= 0.6 is 11.3 Å². The normalized spacial score (nSPS) is 12.0. The minimum Gasteiger partial charge on any atom is -0.375 e. The first-order chi connectivity index (χ1) is 10.2.